The number of rotatable bonds is 9. The van der Waals surface area contributed by atoms with Crippen LogP contribution in [0.5, 0.6) is 5.75 Å². The third-order valence-electron chi connectivity index (χ3n) is 5.79. The molecule has 0 atom stereocenters. The number of fused-ring (bicyclic) bond motifs is 1. The fraction of sp³-hybridized carbons (Fsp3) is 0.143. The van der Waals surface area contributed by atoms with Crippen molar-refractivity contribution in [3.8, 4) is 5.75 Å². The van der Waals surface area contributed by atoms with E-state index in [1.807, 2.05) is 42.5 Å². The molecule has 4 rings (SSSR count). The molecule has 0 saturated carbocycles. The molecule has 4 aromatic carbocycles. The standard InChI is InChI=1S/C28H23ClF3N3O4S/c1-40(37,38)35(26-15-22(28(30,31)32)11-14-25(26)29)17-27(36)34-33-16-19-9-12-23(13-10-19)39-18-21-7-4-6-20-5-2-3-8-24(20)21/h2-16H,17-18H2,1H3,(H,34,36)/b33-16-. The van der Waals surface area contributed by atoms with Crippen LogP contribution >= 0.6 is 11.6 Å². The van der Waals surface area contributed by atoms with Gasteiger partial charge in [0.15, 0.2) is 0 Å². The third kappa shape index (κ3) is 7.30. The van der Waals surface area contributed by atoms with Crippen LogP contribution in [0.1, 0.15) is 16.7 Å². The van der Waals surface area contributed by atoms with E-state index in [2.05, 4.69) is 10.5 Å². The molecule has 0 radical (unpaired) electrons. The molecular formula is C28H23ClF3N3O4S. The molecule has 0 heterocycles. The van der Waals surface area contributed by atoms with E-state index < -0.39 is 39.9 Å². The molecule has 0 spiro atoms. The van der Waals surface area contributed by atoms with E-state index in [0.29, 0.717) is 28.3 Å². The lowest BCUT2D eigenvalue weighted by Crippen LogP contribution is -2.39. The van der Waals surface area contributed by atoms with E-state index in [0.717, 1.165) is 34.7 Å². The Morgan fingerprint density at radius 3 is 2.42 bits per heavy atom. The predicted molar refractivity (Wildman–Crippen MR) is 149 cm³/mol. The van der Waals surface area contributed by atoms with Crippen molar-refractivity contribution in [2.75, 3.05) is 17.1 Å². The monoisotopic (exact) mass is 589 g/mol. The van der Waals surface area contributed by atoms with Crippen molar-refractivity contribution >= 4 is 50.2 Å². The summed E-state index contributed by atoms with van der Waals surface area (Å²) in [6.07, 6.45) is -2.65. The zero-order valence-electron chi connectivity index (χ0n) is 21.0. The number of ether oxygens (including phenoxy) is 1. The van der Waals surface area contributed by atoms with Gasteiger partial charge in [-0.2, -0.15) is 18.3 Å². The molecule has 4 aromatic rings. The van der Waals surface area contributed by atoms with Gasteiger partial charge in [-0.3, -0.25) is 9.10 Å². The number of amides is 1. The first kappa shape index (κ1) is 28.9. The second-order valence-corrected chi connectivity index (χ2v) is 11.0. The van der Waals surface area contributed by atoms with Crippen LogP contribution in [0.3, 0.4) is 0 Å². The summed E-state index contributed by atoms with van der Waals surface area (Å²) in [6.45, 7) is -0.463. The smallest absolute Gasteiger partial charge is 0.416 e. The maximum atomic E-state index is 13.1. The summed E-state index contributed by atoms with van der Waals surface area (Å²) >= 11 is 5.97. The minimum atomic E-state index is -4.73. The fourth-order valence-electron chi connectivity index (χ4n) is 3.84. The van der Waals surface area contributed by atoms with Crippen LogP contribution in [-0.4, -0.2) is 33.3 Å². The molecule has 40 heavy (non-hydrogen) atoms. The largest absolute Gasteiger partial charge is 0.489 e. The van der Waals surface area contributed by atoms with Gasteiger partial charge < -0.3 is 4.74 Å². The summed E-state index contributed by atoms with van der Waals surface area (Å²) in [5.74, 6) is -0.263. The minimum Gasteiger partial charge on any atom is -0.489 e. The second kappa shape index (κ2) is 12.0. The Hall–Kier alpha value is -4.09. The van der Waals surface area contributed by atoms with Crippen LogP contribution in [0.25, 0.3) is 10.8 Å². The zero-order valence-corrected chi connectivity index (χ0v) is 22.6. The number of nitrogens with zero attached hydrogens (tertiary/aromatic N) is 2. The normalized spacial score (nSPS) is 12.0. The van der Waals surface area contributed by atoms with Gasteiger partial charge >= 0.3 is 6.18 Å². The van der Waals surface area contributed by atoms with Gasteiger partial charge in [-0.15, -0.1) is 0 Å². The molecule has 1 N–H and O–H groups in total. The van der Waals surface area contributed by atoms with Gasteiger partial charge in [0.1, 0.15) is 18.9 Å². The van der Waals surface area contributed by atoms with E-state index in [-0.39, 0.29) is 5.02 Å². The maximum Gasteiger partial charge on any atom is 0.416 e. The quantitative estimate of drug-likeness (QED) is 0.191. The molecule has 0 aliphatic carbocycles. The predicted octanol–water partition coefficient (Wildman–Crippen LogP) is 6.01. The molecule has 0 aromatic heterocycles. The van der Waals surface area contributed by atoms with E-state index in [4.69, 9.17) is 16.3 Å². The third-order valence-corrected chi connectivity index (χ3v) is 7.23. The van der Waals surface area contributed by atoms with Crippen LogP contribution in [0.4, 0.5) is 18.9 Å². The highest BCUT2D eigenvalue weighted by molar-refractivity contribution is 7.92. The van der Waals surface area contributed by atoms with Crippen LogP contribution in [-0.2, 0) is 27.6 Å². The Kier molecular flexibility index (Phi) is 8.65. The molecule has 0 bridgehead atoms. The van der Waals surface area contributed by atoms with Crippen LogP contribution < -0.4 is 14.5 Å². The van der Waals surface area contributed by atoms with Gasteiger partial charge in [-0.1, -0.05) is 54.1 Å². The molecule has 0 aliphatic rings. The van der Waals surface area contributed by atoms with E-state index in [9.17, 15) is 26.4 Å². The van der Waals surface area contributed by atoms with Crippen molar-refractivity contribution in [2.45, 2.75) is 12.8 Å². The van der Waals surface area contributed by atoms with Crippen molar-refractivity contribution in [1.29, 1.82) is 0 Å². The lowest BCUT2D eigenvalue weighted by molar-refractivity contribution is -0.137. The van der Waals surface area contributed by atoms with E-state index in [1.165, 1.54) is 6.21 Å². The molecule has 1 amide bonds. The number of carbonyl (C=O) groups is 1. The van der Waals surface area contributed by atoms with Crippen molar-refractivity contribution < 1.29 is 31.1 Å². The first-order valence-electron chi connectivity index (χ1n) is 11.8. The summed E-state index contributed by atoms with van der Waals surface area (Å²) in [5.41, 5.74) is 2.24. The summed E-state index contributed by atoms with van der Waals surface area (Å²) < 4.78 is 70.3. The first-order valence-corrected chi connectivity index (χ1v) is 14.0. The van der Waals surface area contributed by atoms with Crippen LogP contribution in [0.15, 0.2) is 90.0 Å². The Bertz CT molecular complexity index is 1650. The number of sulfonamides is 1. The number of hydrazone groups is 1. The molecule has 0 aliphatic heterocycles. The first-order chi connectivity index (χ1) is 18.9. The SMILES string of the molecule is CS(=O)(=O)N(CC(=O)N/N=C\c1ccc(OCc2cccc3ccccc23)cc1)c1cc(C(F)(F)F)ccc1Cl. The Balaban J connectivity index is 1.37. The second-order valence-electron chi connectivity index (χ2n) is 8.72. The fourth-order valence-corrected chi connectivity index (χ4v) is 4.97. The van der Waals surface area contributed by atoms with E-state index >= 15 is 0 Å². The van der Waals surface area contributed by atoms with Crippen LogP contribution in [0.2, 0.25) is 5.02 Å². The lowest BCUT2D eigenvalue weighted by atomic mass is 10.1. The zero-order chi connectivity index (χ0) is 28.9. The number of hydrogen-bond donors (Lipinski definition) is 1. The van der Waals surface area contributed by atoms with Gasteiger partial charge in [-0.25, -0.2) is 13.8 Å². The molecule has 12 heteroatoms. The molecule has 208 valence electrons. The molecule has 0 unspecified atom stereocenters. The van der Waals surface area contributed by atoms with Gasteiger partial charge in [-0.05, 0) is 64.4 Å². The number of alkyl halides is 3. The van der Waals surface area contributed by atoms with Crippen molar-refractivity contribution in [3.05, 3.63) is 107 Å². The Labute approximate surface area is 233 Å². The number of anilines is 1. The van der Waals surface area contributed by atoms with Crippen molar-refractivity contribution in [3.63, 3.8) is 0 Å². The highest BCUT2D eigenvalue weighted by Crippen LogP contribution is 2.36. The Morgan fingerprint density at radius 2 is 1.73 bits per heavy atom. The molecule has 0 saturated heterocycles. The molecular weight excluding hydrogens is 567 g/mol. The maximum absolute atomic E-state index is 13.1. The number of nitrogens with one attached hydrogen (secondary N) is 1. The van der Waals surface area contributed by atoms with Gasteiger partial charge in [0.25, 0.3) is 5.91 Å². The van der Waals surface area contributed by atoms with E-state index in [1.54, 1.807) is 24.3 Å². The molecule has 7 nitrogen and oxygen atoms in total. The van der Waals surface area contributed by atoms with Crippen molar-refractivity contribution in [1.82, 2.24) is 5.43 Å². The number of hydrogen-bond acceptors (Lipinski definition) is 5. The minimum absolute atomic E-state index is 0.266. The highest BCUT2D eigenvalue weighted by Gasteiger charge is 2.33. The topological polar surface area (TPSA) is 88.1 Å². The molecule has 0 fully saturated rings. The summed E-state index contributed by atoms with van der Waals surface area (Å²) in [4.78, 5) is 12.4. The summed E-state index contributed by atoms with van der Waals surface area (Å²) in [5, 5.41) is 5.77. The van der Waals surface area contributed by atoms with Gasteiger partial charge in [0.2, 0.25) is 10.0 Å². The number of carbonyl (C=O) groups excluding carboxylic acids is 1. The highest BCUT2D eigenvalue weighted by atomic mass is 35.5. The van der Waals surface area contributed by atoms with Crippen molar-refractivity contribution in [2.24, 2.45) is 5.10 Å². The van der Waals surface area contributed by atoms with Gasteiger partial charge in [0.05, 0.1) is 28.7 Å². The Morgan fingerprint density at radius 1 is 1.02 bits per heavy atom. The average molecular weight is 590 g/mol. The summed E-state index contributed by atoms with van der Waals surface area (Å²) in [7, 11) is -4.16. The lowest BCUT2D eigenvalue weighted by Gasteiger charge is -2.23. The number of benzene rings is 4. The van der Waals surface area contributed by atoms with Gasteiger partial charge in [0, 0.05) is 0 Å². The van der Waals surface area contributed by atoms with Crippen LogP contribution in [0, 0.1) is 0 Å². The number of halogens is 4. The summed E-state index contributed by atoms with van der Waals surface area (Å²) in [6, 6.07) is 23.1. The average Bonchev–Trinajstić information content (AvgIpc) is 2.90.